The number of aryl methyl sites for hydroxylation is 3. The predicted octanol–water partition coefficient (Wildman–Crippen LogP) is 3.49. The van der Waals surface area contributed by atoms with Gasteiger partial charge in [-0.1, -0.05) is 25.8 Å². The zero-order valence-electron chi connectivity index (χ0n) is 18.5. The summed E-state index contributed by atoms with van der Waals surface area (Å²) in [7, 11) is 0. The normalized spacial score (nSPS) is 11.7. The zero-order valence-corrected chi connectivity index (χ0v) is 18.5. The molecule has 32 heavy (non-hydrogen) atoms. The molecule has 0 saturated heterocycles. The van der Waals surface area contributed by atoms with Crippen molar-refractivity contribution in [2.24, 2.45) is 0 Å². The number of hydrogen-bond donors (Lipinski definition) is 1. The van der Waals surface area contributed by atoms with Gasteiger partial charge >= 0.3 is 0 Å². The summed E-state index contributed by atoms with van der Waals surface area (Å²) >= 11 is 0. The van der Waals surface area contributed by atoms with Crippen molar-refractivity contribution in [3.8, 4) is 11.3 Å². The largest absolute Gasteiger partial charge is 0.349 e. The second-order valence-electron chi connectivity index (χ2n) is 8.29. The summed E-state index contributed by atoms with van der Waals surface area (Å²) in [5.74, 6) is 1.18. The van der Waals surface area contributed by atoms with E-state index in [9.17, 15) is 4.79 Å². The van der Waals surface area contributed by atoms with E-state index in [-0.39, 0.29) is 5.56 Å². The Hall–Kier alpha value is -3.75. The van der Waals surface area contributed by atoms with Gasteiger partial charge in [0, 0.05) is 30.7 Å². The lowest BCUT2D eigenvalue weighted by Crippen LogP contribution is -2.19. The van der Waals surface area contributed by atoms with Crippen LogP contribution in [0.4, 0.5) is 0 Å². The van der Waals surface area contributed by atoms with Crippen molar-refractivity contribution in [1.82, 2.24) is 38.9 Å². The number of H-pyrrole nitrogens is 1. The second-order valence-corrected chi connectivity index (χ2v) is 8.29. The number of fused-ring (bicyclic) bond motifs is 2. The van der Waals surface area contributed by atoms with Gasteiger partial charge in [0.2, 0.25) is 5.78 Å². The molecule has 0 atom stereocenters. The van der Waals surface area contributed by atoms with Crippen LogP contribution in [0.5, 0.6) is 0 Å². The maximum atomic E-state index is 13.2. The number of aromatic amines is 1. The van der Waals surface area contributed by atoms with Crippen LogP contribution in [0.25, 0.3) is 28.1 Å². The summed E-state index contributed by atoms with van der Waals surface area (Å²) in [6.45, 7) is 7.43. The van der Waals surface area contributed by atoms with Crippen LogP contribution < -0.4 is 5.56 Å². The Morgan fingerprint density at radius 3 is 2.75 bits per heavy atom. The van der Waals surface area contributed by atoms with E-state index in [2.05, 4.69) is 42.8 Å². The SMILES string of the molecule is CCCCCn1c2cc(-c3cnn(Cc4cncc(C)c4)c3)[nH]c2c(=O)n2c(C)nnc12. The lowest BCUT2D eigenvalue weighted by Gasteiger charge is -2.09. The van der Waals surface area contributed by atoms with Gasteiger partial charge < -0.3 is 9.55 Å². The van der Waals surface area contributed by atoms with Crippen molar-refractivity contribution in [3.05, 3.63) is 64.2 Å². The number of nitrogens with zero attached hydrogens (tertiary/aromatic N) is 7. The summed E-state index contributed by atoms with van der Waals surface area (Å²) in [4.78, 5) is 20.8. The molecule has 5 aromatic rings. The Morgan fingerprint density at radius 2 is 1.94 bits per heavy atom. The van der Waals surface area contributed by atoms with Gasteiger partial charge in [0.1, 0.15) is 11.3 Å². The summed E-state index contributed by atoms with van der Waals surface area (Å²) in [5, 5.41) is 12.9. The van der Waals surface area contributed by atoms with E-state index in [1.807, 2.05) is 42.5 Å². The molecule has 0 bridgehead atoms. The van der Waals surface area contributed by atoms with Gasteiger partial charge in [0.05, 0.1) is 24.0 Å². The topological polar surface area (TPSA) is 98.7 Å². The Balaban J connectivity index is 1.56. The highest BCUT2D eigenvalue weighted by Crippen LogP contribution is 2.24. The molecule has 0 amide bonds. The van der Waals surface area contributed by atoms with E-state index in [0.717, 1.165) is 53.7 Å². The summed E-state index contributed by atoms with van der Waals surface area (Å²) in [5.41, 5.74) is 5.27. The van der Waals surface area contributed by atoms with E-state index >= 15 is 0 Å². The molecule has 0 fully saturated rings. The molecule has 164 valence electrons. The van der Waals surface area contributed by atoms with Gasteiger partial charge in [-0.15, -0.1) is 10.2 Å². The van der Waals surface area contributed by atoms with Crippen LogP contribution in [0.15, 0.2) is 41.7 Å². The summed E-state index contributed by atoms with van der Waals surface area (Å²) < 4.78 is 5.56. The number of hydrogen-bond acceptors (Lipinski definition) is 5. The van der Waals surface area contributed by atoms with Gasteiger partial charge in [-0.3, -0.25) is 14.5 Å². The third-order valence-corrected chi connectivity index (χ3v) is 5.76. The van der Waals surface area contributed by atoms with Gasteiger partial charge in [0.25, 0.3) is 5.56 Å². The lowest BCUT2D eigenvalue weighted by molar-refractivity contribution is 0.615. The molecule has 0 unspecified atom stereocenters. The molecule has 0 spiro atoms. The van der Waals surface area contributed by atoms with Gasteiger partial charge in [-0.25, -0.2) is 4.40 Å². The fourth-order valence-electron chi connectivity index (χ4n) is 4.18. The van der Waals surface area contributed by atoms with Crippen molar-refractivity contribution in [2.75, 3.05) is 0 Å². The fourth-order valence-corrected chi connectivity index (χ4v) is 4.18. The zero-order chi connectivity index (χ0) is 22.2. The quantitative estimate of drug-likeness (QED) is 0.399. The van der Waals surface area contributed by atoms with Crippen molar-refractivity contribution in [2.45, 2.75) is 53.1 Å². The number of rotatable bonds is 7. The van der Waals surface area contributed by atoms with E-state index in [1.54, 1.807) is 11.3 Å². The van der Waals surface area contributed by atoms with E-state index < -0.39 is 0 Å². The standard InChI is InChI=1S/C23H26N8O/c1-4-5-6-7-30-20-9-19(26-21(20)22(32)31-16(3)27-28-23(30)31)18-12-25-29(14-18)13-17-8-15(2)10-24-11-17/h8-12,14,26H,4-7,13H2,1-3H3. The van der Waals surface area contributed by atoms with Crippen LogP contribution in [0, 0.1) is 13.8 Å². The summed E-state index contributed by atoms with van der Waals surface area (Å²) in [6.07, 6.45) is 10.7. The Kier molecular flexibility index (Phi) is 5.08. The third-order valence-electron chi connectivity index (χ3n) is 5.76. The smallest absolute Gasteiger partial charge is 0.284 e. The highest BCUT2D eigenvalue weighted by molar-refractivity contribution is 5.83. The molecule has 9 heteroatoms. The van der Waals surface area contributed by atoms with Crippen LogP contribution >= 0.6 is 0 Å². The molecule has 9 nitrogen and oxygen atoms in total. The molecule has 0 aromatic carbocycles. The number of aromatic nitrogens is 8. The fraction of sp³-hybridized carbons (Fsp3) is 0.348. The van der Waals surface area contributed by atoms with Gasteiger partial charge in [-0.05, 0) is 37.5 Å². The molecule has 5 heterocycles. The molecule has 0 saturated carbocycles. The molecule has 5 aromatic heterocycles. The van der Waals surface area contributed by atoms with Crippen LogP contribution in [-0.4, -0.2) is 38.9 Å². The summed E-state index contributed by atoms with van der Waals surface area (Å²) in [6, 6.07) is 4.12. The molecule has 1 N–H and O–H groups in total. The highest BCUT2D eigenvalue weighted by atomic mass is 16.1. The minimum atomic E-state index is -0.131. The first-order valence-corrected chi connectivity index (χ1v) is 11.0. The van der Waals surface area contributed by atoms with Gasteiger partial charge in [-0.2, -0.15) is 5.10 Å². The Labute approximate surface area is 184 Å². The minimum absolute atomic E-state index is 0.131. The number of nitrogens with one attached hydrogen (secondary N) is 1. The highest BCUT2D eigenvalue weighted by Gasteiger charge is 2.18. The monoisotopic (exact) mass is 430 g/mol. The van der Waals surface area contributed by atoms with E-state index in [4.69, 9.17) is 0 Å². The van der Waals surface area contributed by atoms with Crippen molar-refractivity contribution in [1.29, 1.82) is 0 Å². The van der Waals surface area contributed by atoms with Crippen molar-refractivity contribution >= 4 is 16.8 Å². The third kappa shape index (κ3) is 3.49. The maximum absolute atomic E-state index is 13.2. The molecule has 0 radical (unpaired) electrons. The van der Waals surface area contributed by atoms with E-state index in [0.29, 0.717) is 23.7 Å². The van der Waals surface area contributed by atoms with Crippen LogP contribution in [0.3, 0.4) is 0 Å². The second kappa shape index (κ2) is 8.07. The first kappa shape index (κ1) is 20.2. The molecule has 5 rings (SSSR count). The van der Waals surface area contributed by atoms with Crippen molar-refractivity contribution < 1.29 is 0 Å². The van der Waals surface area contributed by atoms with Crippen LogP contribution in [-0.2, 0) is 13.1 Å². The average molecular weight is 431 g/mol. The number of pyridine rings is 1. The van der Waals surface area contributed by atoms with Gasteiger partial charge in [0.15, 0.2) is 0 Å². The first-order valence-electron chi connectivity index (χ1n) is 11.0. The predicted molar refractivity (Wildman–Crippen MR) is 123 cm³/mol. The lowest BCUT2D eigenvalue weighted by atomic mass is 10.2. The minimum Gasteiger partial charge on any atom is -0.349 e. The van der Waals surface area contributed by atoms with E-state index in [1.165, 1.54) is 0 Å². The molecule has 0 aliphatic heterocycles. The Bertz CT molecular complexity index is 1470. The Morgan fingerprint density at radius 1 is 1.06 bits per heavy atom. The van der Waals surface area contributed by atoms with Crippen molar-refractivity contribution in [3.63, 3.8) is 0 Å². The maximum Gasteiger partial charge on any atom is 0.284 e. The molecular formula is C23H26N8O. The average Bonchev–Trinajstić information content (AvgIpc) is 3.49. The van der Waals surface area contributed by atoms with Crippen LogP contribution in [0.2, 0.25) is 0 Å². The molecular weight excluding hydrogens is 404 g/mol. The molecule has 0 aliphatic rings. The molecule has 0 aliphatic carbocycles. The number of unbranched alkanes of at least 4 members (excludes halogenated alkanes) is 2. The van der Waals surface area contributed by atoms with Crippen LogP contribution in [0.1, 0.15) is 43.1 Å². The first-order chi connectivity index (χ1) is 15.5.